The second-order valence-corrected chi connectivity index (χ2v) is 20.9. The van der Waals surface area contributed by atoms with Crippen molar-refractivity contribution in [2.75, 3.05) is 0 Å². The fourth-order valence-electron chi connectivity index (χ4n) is 7.72. The maximum atomic E-state index is 15.9. The molecule has 16 nitrogen and oxygen atoms in total. The SMILES string of the molecule is CC(C)C[C@H](N)C(O)C(O)[C@H](CC(C)C)N(C(=O)[C@H](C(C)C)N(C(=O)OC(C)(C)C)C(=O)[C@@H](N)Cc1ccccc1)C(=O)[C@H](C(C)C)N(C(=O)OC(C)(C)C)C(=O)[C@@H](N)Cc1ccccc1. The minimum absolute atomic E-state index is 0.0256. The Labute approximate surface area is 392 Å². The van der Waals surface area contributed by atoms with Crippen LogP contribution in [0.15, 0.2) is 60.7 Å². The molecule has 16 heteroatoms. The summed E-state index contributed by atoms with van der Waals surface area (Å²) in [5.41, 5.74) is 18.5. The van der Waals surface area contributed by atoms with Crippen LogP contribution in [0.5, 0.6) is 0 Å². The second-order valence-electron chi connectivity index (χ2n) is 20.9. The zero-order chi connectivity index (χ0) is 50.6. The van der Waals surface area contributed by atoms with Crippen molar-refractivity contribution in [3.8, 4) is 0 Å². The fraction of sp³-hybridized carbons (Fsp3) is 0.640. The largest absolute Gasteiger partial charge is 0.443 e. The Bertz CT molecular complexity index is 1780. The molecule has 0 radical (unpaired) electrons. The van der Waals surface area contributed by atoms with Crippen LogP contribution >= 0.6 is 0 Å². The van der Waals surface area contributed by atoms with Gasteiger partial charge in [-0.2, -0.15) is 0 Å². The van der Waals surface area contributed by atoms with Gasteiger partial charge in [0.2, 0.25) is 11.8 Å². The minimum Gasteiger partial charge on any atom is -0.443 e. The van der Waals surface area contributed by atoms with E-state index in [2.05, 4.69) is 0 Å². The average Bonchev–Trinajstić information content (AvgIpc) is 3.18. The van der Waals surface area contributed by atoms with Gasteiger partial charge in [-0.3, -0.25) is 24.1 Å². The Morgan fingerprint density at radius 2 is 0.848 bits per heavy atom. The molecule has 0 aliphatic rings. The van der Waals surface area contributed by atoms with Gasteiger partial charge in [0.1, 0.15) is 29.4 Å². The van der Waals surface area contributed by atoms with Crippen molar-refractivity contribution in [3.05, 3.63) is 71.8 Å². The first-order valence-corrected chi connectivity index (χ1v) is 23.1. The molecule has 8 atom stereocenters. The van der Waals surface area contributed by atoms with Gasteiger partial charge in [0.15, 0.2) is 0 Å². The first-order valence-electron chi connectivity index (χ1n) is 23.1. The number of hydrogen-bond acceptors (Lipinski definition) is 13. The predicted octanol–water partition coefficient (Wildman–Crippen LogP) is 5.57. The summed E-state index contributed by atoms with van der Waals surface area (Å²) >= 11 is 0. The predicted molar refractivity (Wildman–Crippen MR) is 254 cm³/mol. The summed E-state index contributed by atoms with van der Waals surface area (Å²) in [6, 6.07) is 8.52. The van der Waals surface area contributed by atoms with Crippen LogP contribution < -0.4 is 17.2 Å². The number of amides is 6. The van der Waals surface area contributed by atoms with E-state index in [-0.39, 0.29) is 37.5 Å². The van der Waals surface area contributed by atoms with Crippen LogP contribution in [0.1, 0.15) is 121 Å². The van der Waals surface area contributed by atoms with Crippen LogP contribution in [0.25, 0.3) is 0 Å². The van der Waals surface area contributed by atoms with Crippen molar-refractivity contribution in [1.82, 2.24) is 14.7 Å². The molecule has 0 spiro atoms. The number of rotatable bonds is 20. The van der Waals surface area contributed by atoms with Crippen molar-refractivity contribution in [2.24, 2.45) is 40.9 Å². The Kier molecular flexibility index (Phi) is 21.6. The topological polar surface area (TPSA) is 249 Å². The maximum absolute atomic E-state index is 15.9. The van der Waals surface area contributed by atoms with Gasteiger partial charge in [0, 0.05) is 6.04 Å². The highest BCUT2D eigenvalue weighted by atomic mass is 16.6. The molecule has 0 heterocycles. The van der Waals surface area contributed by atoms with E-state index >= 15 is 9.59 Å². The summed E-state index contributed by atoms with van der Waals surface area (Å²) in [5, 5.41) is 24.0. The van der Waals surface area contributed by atoms with E-state index in [0.717, 1.165) is 0 Å². The van der Waals surface area contributed by atoms with Gasteiger partial charge in [-0.05, 0) is 102 Å². The van der Waals surface area contributed by atoms with Crippen molar-refractivity contribution in [3.63, 3.8) is 0 Å². The van der Waals surface area contributed by atoms with E-state index in [0.29, 0.717) is 25.8 Å². The summed E-state index contributed by atoms with van der Waals surface area (Å²) in [6.45, 7) is 23.0. The lowest BCUT2D eigenvalue weighted by molar-refractivity contribution is -0.166. The highest BCUT2D eigenvalue weighted by molar-refractivity contribution is 6.08. The van der Waals surface area contributed by atoms with Crippen LogP contribution in [0.2, 0.25) is 0 Å². The Balaban J connectivity index is 3.11. The molecular weight excluding hydrogens is 845 g/mol. The number of aliphatic hydroxyl groups excluding tert-OH is 2. The smallest absolute Gasteiger partial charge is 0.417 e. The summed E-state index contributed by atoms with van der Waals surface area (Å²) in [5.74, 6) is -6.63. The Morgan fingerprint density at radius 3 is 1.14 bits per heavy atom. The maximum Gasteiger partial charge on any atom is 0.417 e. The highest BCUT2D eigenvalue weighted by Gasteiger charge is 2.52. The van der Waals surface area contributed by atoms with Gasteiger partial charge < -0.3 is 36.9 Å². The van der Waals surface area contributed by atoms with Gasteiger partial charge in [-0.25, -0.2) is 19.4 Å². The number of ether oxygens (including phenoxy) is 2. The fourth-order valence-corrected chi connectivity index (χ4v) is 7.72. The summed E-state index contributed by atoms with van der Waals surface area (Å²) in [7, 11) is 0. The molecule has 0 bridgehead atoms. The molecule has 0 saturated carbocycles. The molecule has 2 unspecified atom stereocenters. The van der Waals surface area contributed by atoms with Gasteiger partial charge in [0.05, 0.1) is 24.2 Å². The van der Waals surface area contributed by atoms with Gasteiger partial charge in [-0.15, -0.1) is 0 Å². The van der Waals surface area contributed by atoms with Crippen LogP contribution in [-0.4, -0.2) is 120 Å². The molecule has 0 aromatic heterocycles. The lowest BCUT2D eigenvalue weighted by Gasteiger charge is -2.44. The quantitative estimate of drug-likeness (QED) is 0.109. The number of nitrogens with zero attached hydrogens (tertiary/aromatic N) is 3. The van der Waals surface area contributed by atoms with Gasteiger partial charge in [-0.1, -0.05) is 116 Å². The van der Waals surface area contributed by atoms with E-state index in [1.807, 2.05) is 13.8 Å². The van der Waals surface area contributed by atoms with Crippen LogP contribution in [0.4, 0.5) is 9.59 Å². The molecule has 2 aromatic carbocycles. The van der Waals surface area contributed by atoms with Crippen molar-refractivity contribution in [2.45, 2.75) is 182 Å². The number of hydrogen-bond donors (Lipinski definition) is 5. The average molecular weight is 925 g/mol. The molecule has 0 saturated heterocycles. The number of carbonyl (C=O) groups is 6. The van der Waals surface area contributed by atoms with Gasteiger partial charge >= 0.3 is 12.2 Å². The second kappa shape index (κ2) is 24.9. The monoisotopic (exact) mass is 925 g/mol. The molecule has 370 valence electrons. The van der Waals surface area contributed by atoms with Crippen LogP contribution in [0, 0.1) is 23.7 Å². The summed E-state index contributed by atoms with van der Waals surface area (Å²) in [4.78, 5) is 91.9. The molecule has 66 heavy (non-hydrogen) atoms. The molecule has 0 fully saturated rings. The molecule has 2 rings (SSSR count). The normalized spacial score (nSPS) is 15.9. The third-order valence-electron chi connectivity index (χ3n) is 10.7. The lowest BCUT2D eigenvalue weighted by atomic mass is 9.87. The van der Waals surface area contributed by atoms with Crippen LogP contribution in [0.3, 0.4) is 0 Å². The molecule has 2 aromatic rings. The zero-order valence-electron chi connectivity index (χ0n) is 41.8. The third-order valence-corrected chi connectivity index (χ3v) is 10.7. The number of carbonyl (C=O) groups excluding carboxylic acids is 6. The zero-order valence-corrected chi connectivity index (χ0v) is 41.8. The first kappa shape index (κ1) is 57.4. The van der Waals surface area contributed by atoms with E-state index in [4.69, 9.17) is 26.7 Å². The molecule has 0 aliphatic carbocycles. The van der Waals surface area contributed by atoms with Crippen LogP contribution in [-0.2, 0) is 41.5 Å². The number of nitrogens with two attached hydrogens (primary N) is 3. The molecule has 8 N–H and O–H groups in total. The van der Waals surface area contributed by atoms with E-state index in [9.17, 15) is 29.4 Å². The number of benzene rings is 2. The minimum atomic E-state index is -1.91. The van der Waals surface area contributed by atoms with Gasteiger partial charge in [0.25, 0.3) is 11.8 Å². The first-order chi connectivity index (χ1) is 30.4. The summed E-state index contributed by atoms with van der Waals surface area (Å²) in [6.07, 6.45) is -6.05. The molecular formula is C50H80N6O10. The van der Waals surface area contributed by atoms with E-state index in [1.54, 1.807) is 144 Å². The van der Waals surface area contributed by atoms with E-state index in [1.165, 1.54) is 0 Å². The standard InChI is InChI=1S/C50H80N6O10/c1-29(2)25-35(51)41(57)42(58)38(26-30(3)4)54(45(61)39(31(5)6)55(47(63)65-49(9,10)11)43(59)36(52)27-33-21-17-15-18-22-33)46(62)40(32(7)8)56(48(64)66-50(12,13)14)44(60)37(53)28-34-23-19-16-20-24-34/h15-24,29-32,35-42,57-58H,25-28,51-53H2,1-14H3/t35-,36-,37-,38-,39-,40-,41?,42?/m0/s1. The number of aliphatic hydroxyl groups is 2. The molecule has 0 aliphatic heterocycles. The highest BCUT2D eigenvalue weighted by Crippen LogP contribution is 2.30. The third kappa shape index (κ3) is 16.8. The lowest BCUT2D eigenvalue weighted by Crippen LogP contribution is -2.68. The van der Waals surface area contributed by atoms with Crippen molar-refractivity contribution in [1.29, 1.82) is 0 Å². The number of imide groups is 3. The Morgan fingerprint density at radius 1 is 0.515 bits per heavy atom. The van der Waals surface area contributed by atoms with Crippen molar-refractivity contribution < 1.29 is 48.5 Å². The van der Waals surface area contributed by atoms with E-state index < -0.39 is 107 Å². The Hall–Kier alpha value is -4.74. The van der Waals surface area contributed by atoms with Crippen molar-refractivity contribution >= 4 is 35.8 Å². The summed E-state index contributed by atoms with van der Waals surface area (Å²) < 4.78 is 11.5. The molecule has 6 amide bonds.